The number of nitrogens with zero attached hydrogens (tertiary/aromatic N) is 2. The normalized spacial score (nSPS) is 14.2. The van der Waals surface area contributed by atoms with E-state index in [1.165, 1.54) is 12.1 Å². The van der Waals surface area contributed by atoms with Crippen molar-refractivity contribution in [1.29, 1.82) is 0 Å². The number of benzene rings is 2. The van der Waals surface area contributed by atoms with Gasteiger partial charge in [-0.2, -0.15) is 0 Å². The van der Waals surface area contributed by atoms with Crippen LogP contribution in [-0.2, 0) is 10.0 Å². The predicted molar refractivity (Wildman–Crippen MR) is 125 cm³/mol. The molecule has 1 aliphatic rings. The van der Waals surface area contributed by atoms with E-state index in [9.17, 15) is 17.6 Å². The van der Waals surface area contributed by atoms with Gasteiger partial charge in [-0.05, 0) is 42.3 Å². The van der Waals surface area contributed by atoms with Crippen molar-refractivity contribution in [3.8, 4) is 0 Å². The Hall–Kier alpha value is -2.72. The molecule has 0 bridgehead atoms. The van der Waals surface area contributed by atoms with Crippen molar-refractivity contribution in [3.63, 3.8) is 0 Å². The minimum atomic E-state index is -4.23. The Morgan fingerprint density at radius 3 is 2.48 bits per heavy atom. The molecule has 1 aliphatic heterocycles. The molecule has 0 aliphatic carbocycles. The molecule has 0 unspecified atom stereocenters. The number of primary sulfonamides is 1. The van der Waals surface area contributed by atoms with E-state index in [1.54, 1.807) is 35.2 Å². The lowest BCUT2D eigenvalue weighted by Gasteiger charge is -2.40. The number of nitrogens with one attached hydrogen (secondary N) is 1. The maximum Gasteiger partial charge on any atom is 0.257 e. The van der Waals surface area contributed by atoms with Crippen molar-refractivity contribution in [3.05, 3.63) is 81.2 Å². The van der Waals surface area contributed by atoms with Crippen molar-refractivity contribution in [2.75, 3.05) is 18.4 Å². The van der Waals surface area contributed by atoms with Gasteiger partial charge in [0.15, 0.2) is 5.03 Å². The molecule has 0 atom stereocenters. The van der Waals surface area contributed by atoms with Gasteiger partial charge in [0.2, 0.25) is 0 Å². The summed E-state index contributed by atoms with van der Waals surface area (Å²) in [6.07, 6.45) is 1.14. The molecule has 172 valence electrons. The Morgan fingerprint density at radius 2 is 1.85 bits per heavy atom. The van der Waals surface area contributed by atoms with E-state index in [0.717, 1.165) is 17.3 Å². The molecule has 0 spiro atoms. The summed E-state index contributed by atoms with van der Waals surface area (Å²) in [7, 11) is -4.23. The summed E-state index contributed by atoms with van der Waals surface area (Å²) in [6.45, 7) is 2.64. The highest BCUT2D eigenvalue weighted by Crippen LogP contribution is 2.37. The molecule has 1 saturated heterocycles. The van der Waals surface area contributed by atoms with Crippen LogP contribution in [0.1, 0.15) is 27.4 Å². The molecule has 2 aromatic carbocycles. The average molecular weight is 509 g/mol. The van der Waals surface area contributed by atoms with Crippen LogP contribution in [0.2, 0.25) is 10.0 Å². The average Bonchev–Trinajstić information content (AvgIpc) is 2.71. The number of hydrogen-bond acceptors (Lipinski definition) is 5. The Bertz CT molecular complexity index is 1340. The van der Waals surface area contributed by atoms with E-state index >= 15 is 0 Å². The number of nitrogens with two attached hydrogens (primary N) is 1. The van der Waals surface area contributed by atoms with E-state index in [0.29, 0.717) is 23.8 Å². The zero-order chi connectivity index (χ0) is 23.9. The van der Waals surface area contributed by atoms with Crippen LogP contribution < -0.4 is 10.5 Å². The number of carbonyl (C=O) groups is 1. The number of pyridine rings is 1. The number of anilines is 2. The molecule has 3 N–H and O–H groups in total. The fourth-order valence-corrected chi connectivity index (χ4v) is 4.82. The van der Waals surface area contributed by atoms with Crippen LogP contribution in [-0.4, -0.2) is 37.3 Å². The van der Waals surface area contributed by atoms with Crippen molar-refractivity contribution in [1.82, 2.24) is 9.88 Å². The van der Waals surface area contributed by atoms with Crippen molar-refractivity contribution in [2.24, 2.45) is 5.14 Å². The van der Waals surface area contributed by atoms with Crippen molar-refractivity contribution in [2.45, 2.75) is 17.9 Å². The van der Waals surface area contributed by atoms with Crippen LogP contribution >= 0.6 is 23.2 Å². The molecule has 1 amide bonds. The molecule has 11 heteroatoms. The third-order valence-corrected chi connectivity index (χ3v) is 7.02. The van der Waals surface area contributed by atoms with Gasteiger partial charge in [-0.25, -0.2) is 22.9 Å². The molecular formula is C22H19Cl2FN4O3S. The summed E-state index contributed by atoms with van der Waals surface area (Å²) >= 11 is 12.5. The molecule has 7 nitrogen and oxygen atoms in total. The van der Waals surface area contributed by atoms with Gasteiger partial charge in [-0.3, -0.25) is 4.79 Å². The quantitative estimate of drug-likeness (QED) is 0.528. The van der Waals surface area contributed by atoms with Gasteiger partial charge < -0.3 is 10.2 Å². The lowest BCUT2D eigenvalue weighted by molar-refractivity contribution is 0.0602. The molecule has 4 rings (SSSR count). The second-order valence-electron chi connectivity index (χ2n) is 7.75. The molecule has 2 heterocycles. The molecule has 3 aromatic rings. The first kappa shape index (κ1) is 23.4. The monoisotopic (exact) mass is 508 g/mol. The SMILES string of the molecule is Cc1ccc(Cl)cc1Nc1c(C(=O)N2CC(c3ccc(F)cc3)C2)cnc(S(N)(=O)=O)c1Cl. The Morgan fingerprint density at radius 1 is 1.18 bits per heavy atom. The van der Waals surface area contributed by atoms with Gasteiger partial charge in [0.05, 0.1) is 11.3 Å². The van der Waals surface area contributed by atoms with Crippen LogP contribution in [0, 0.1) is 12.7 Å². The van der Waals surface area contributed by atoms with Gasteiger partial charge in [-0.15, -0.1) is 0 Å². The first-order valence-corrected chi connectivity index (χ1v) is 12.1. The number of hydrogen-bond donors (Lipinski definition) is 2. The van der Waals surface area contributed by atoms with E-state index in [2.05, 4.69) is 10.3 Å². The van der Waals surface area contributed by atoms with E-state index in [4.69, 9.17) is 28.3 Å². The summed E-state index contributed by atoms with van der Waals surface area (Å²) in [4.78, 5) is 18.7. The largest absolute Gasteiger partial charge is 0.353 e. The topological polar surface area (TPSA) is 105 Å². The second-order valence-corrected chi connectivity index (χ2v) is 10.0. The number of amides is 1. The van der Waals surface area contributed by atoms with Gasteiger partial charge in [-0.1, -0.05) is 41.4 Å². The maximum absolute atomic E-state index is 13.3. The van der Waals surface area contributed by atoms with Crippen LogP contribution in [0.15, 0.2) is 53.7 Å². The molecule has 0 radical (unpaired) electrons. The first-order chi connectivity index (χ1) is 15.5. The highest BCUT2D eigenvalue weighted by molar-refractivity contribution is 7.89. The van der Waals surface area contributed by atoms with Crippen LogP contribution in [0.5, 0.6) is 0 Å². The third kappa shape index (κ3) is 4.81. The number of sulfonamides is 1. The van der Waals surface area contributed by atoms with Gasteiger partial charge >= 0.3 is 0 Å². The summed E-state index contributed by atoms with van der Waals surface area (Å²) in [5.41, 5.74) is 2.41. The maximum atomic E-state index is 13.3. The predicted octanol–water partition coefficient (Wildman–Crippen LogP) is 4.47. The second kappa shape index (κ2) is 8.90. The number of halogens is 3. The summed E-state index contributed by atoms with van der Waals surface area (Å²) in [5.74, 6) is -0.645. The fraction of sp³-hybridized carbons (Fsp3) is 0.182. The van der Waals surface area contributed by atoms with E-state index < -0.39 is 15.0 Å². The summed E-state index contributed by atoms with van der Waals surface area (Å²) in [5, 5.41) is 7.88. The minimum absolute atomic E-state index is 0.0632. The molecule has 1 aromatic heterocycles. The lowest BCUT2D eigenvalue weighted by atomic mass is 9.91. The van der Waals surface area contributed by atoms with Gasteiger partial charge in [0, 0.05) is 35.9 Å². The van der Waals surface area contributed by atoms with Crippen LogP contribution in [0.3, 0.4) is 0 Å². The summed E-state index contributed by atoms with van der Waals surface area (Å²) < 4.78 is 37.1. The summed E-state index contributed by atoms with van der Waals surface area (Å²) in [6, 6.07) is 11.2. The Balaban J connectivity index is 1.67. The number of carbonyl (C=O) groups excluding carboxylic acids is 1. The van der Waals surface area contributed by atoms with E-state index in [1.807, 2.05) is 6.92 Å². The third-order valence-electron chi connectivity index (χ3n) is 5.46. The zero-order valence-corrected chi connectivity index (χ0v) is 19.7. The zero-order valence-electron chi connectivity index (χ0n) is 17.3. The fourth-order valence-electron chi connectivity index (χ4n) is 3.58. The van der Waals surface area contributed by atoms with Gasteiger partial charge in [0.25, 0.3) is 15.9 Å². The molecule has 1 fully saturated rings. The minimum Gasteiger partial charge on any atom is -0.353 e. The highest BCUT2D eigenvalue weighted by Gasteiger charge is 2.34. The van der Waals surface area contributed by atoms with E-state index in [-0.39, 0.29) is 33.9 Å². The van der Waals surface area contributed by atoms with Crippen LogP contribution in [0.25, 0.3) is 0 Å². The van der Waals surface area contributed by atoms with Gasteiger partial charge in [0.1, 0.15) is 10.8 Å². The Kier molecular flexibility index (Phi) is 6.32. The lowest BCUT2D eigenvalue weighted by Crippen LogP contribution is -2.48. The highest BCUT2D eigenvalue weighted by atomic mass is 35.5. The van der Waals surface area contributed by atoms with Crippen molar-refractivity contribution < 1.29 is 17.6 Å². The smallest absolute Gasteiger partial charge is 0.257 e. The number of likely N-dealkylation sites (tertiary alicyclic amines) is 1. The van der Waals surface area contributed by atoms with Crippen LogP contribution in [0.4, 0.5) is 15.8 Å². The molecule has 33 heavy (non-hydrogen) atoms. The number of aryl methyl sites for hydroxylation is 1. The first-order valence-electron chi connectivity index (χ1n) is 9.84. The Labute approximate surface area is 200 Å². The number of aromatic nitrogens is 1. The standard InChI is InChI=1S/C22H19Cl2FN4O3S/c1-12-2-5-15(23)8-18(12)28-20-17(9-27-21(19(20)24)33(26,31)32)22(30)29-10-14(11-29)13-3-6-16(25)7-4-13/h2-9,14H,10-11H2,1H3,(H,27,28)(H2,26,31,32). The molecular weight excluding hydrogens is 490 g/mol. The van der Waals surface area contributed by atoms with Crippen molar-refractivity contribution >= 4 is 50.5 Å². The molecule has 0 saturated carbocycles. The number of rotatable bonds is 5.